The molecule has 0 spiro atoms. The van der Waals surface area contributed by atoms with E-state index in [1.807, 2.05) is 19.1 Å². The molecule has 0 aliphatic rings. The van der Waals surface area contributed by atoms with E-state index in [2.05, 4.69) is 28.8 Å². The van der Waals surface area contributed by atoms with E-state index in [9.17, 15) is 4.79 Å². The van der Waals surface area contributed by atoms with Gasteiger partial charge in [-0.2, -0.15) is 5.10 Å². The maximum atomic E-state index is 11.9. The molecule has 0 N–H and O–H groups in total. The third-order valence-electron chi connectivity index (χ3n) is 3.96. The van der Waals surface area contributed by atoms with Gasteiger partial charge in [-0.3, -0.25) is 9.78 Å². The molecule has 0 radical (unpaired) electrons. The van der Waals surface area contributed by atoms with Gasteiger partial charge in [-0.1, -0.05) is 50.5 Å². The normalized spacial score (nSPS) is 10.4. The van der Waals surface area contributed by atoms with Crippen molar-refractivity contribution in [3.8, 4) is 23.2 Å². The number of aryl methyl sites for hydroxylation is 1. The smallest absolute Gasteiger partial charge is 0.267 e. The summed E-state index contributed by atoms with van der Waals surface area (Å²) >= 11 is 0. The van der Waals surface area contributed by atoms with E-state index in [1.54, 1.807) is 12.3 Å². The van der Waals surface area contributed by atoms with Crippen LogP contribution in [0, 0.1) is 18.8 Å². The van der Waals surface area contributed by atoms with Crippen molar-refractivity contribution in [2.45, 2.75) is 52.5 Å². The molecule has 2 aromatic heterocycles. The van der Waals surface area contributed by atoms with Gasteiger partial charge in [0.1, 0.15) is 18.8 Å². The summed E-state index contributed by atoms with van der Waals surface area (Å²) in [6, 6.07) is 7.05. The molecule has 2 heterocycles. The third-order valence-corrected chi connectivity index (χ3v) is 3.96. The van der Waals surface area contributed by atoms with Crippen LogP contribution in [0.4, 0.5) is 0 Å². The summed E-state index contributed by atoms with van der Waals surface area (Å²) in [5, 5.41) is 4.35. The molecule has 138 valence electrons. The number of hydrogen-bond acceptors (Lipinski definition) is 4. The van der Waals surface area contributed by atoms with E-state index < -0.39 is 0 Å². The fraction of sp³-hybridized carbons (Fsp3) is 0.476. The second-order valence-electron chi connectivity index (χ2n) is 6.26. The second-order valence-corrected chi connectivity index (χ2v) is 6.26. The van der Waals surface area contributed by atoms with E-state index in [4.69, 9.17) is 4.74 Å². The van der Waals surface area contributed by atoms with E-state index >= 15 is 0 Å². The summed E-state index contributed by atoms with van der Waals surface area (Å²) < 4.78 is 6.85. The van der Waals surface area contributed by atoms with Gasteiger partial charge in [0.2, 0.25) is 0 Å². The third kappa shape index (κ3) is 6.81. The first kappa shape index (κ1) is 19.9. The van der Waals surface area contributed by atoms with E-state index in [-0.39, 0.29) is 12.1 Å². The topological polar surface area (TPSA) is 57.0 Å². The predicted molar refractivity (Wildman–Crippen MR) is 104 cm³/mol. The first-order valence-corrected chi connectivity index (χ1v) is 9.25. The number of rotatable bonds is 9. The summed E-state index contributed by atoms with van der Waals surface area (Å²) in [5.41, 5.74) is 2.31. The molecule has 0 aliphatic heterocycles. The Morgan fingerprint density at radius 3 is 2.62 bits per heavy atom. The van der Waals surface area contributed by atoms with Crippen molar-refractivity contribution in [1.29, 1.82) is 0 Å². The van der Waals surface area contributed by atoms with Crippen molar-refractivity contribution in [2.75, 3.05) is 13.2 Å². The monoisotopic (exact) mass is 353 g/mol. The van der Waals surface area contributed by atoms with Gasteiger partial charge in [-0.15, -0.1) is 0 Å². The van der Waals surface area contributed by atoms with Crippen LogP contribution < -0.4 is 5.56 Å². The zero-order chi connectivity index (χ0) is 18.6. The van der Waals surface area contributed by atoms with E-state index in [1.165, 1.54) is 36.4 Å². The molecule has 2 rings (SSSR count). The minimum Gasteiger partial charge on any atom is -0.369 e. The molecule has 5 heteroatoms. The Morgan fingerprint density at radius 2 is 1.85 bits per heavy atom. The number of ether oxygens (including phenoxy) is 1. The van der Waals surface area contributed by atoms with Gasteiger partial charge in [0.25, 0.3) is 5.56 Å². The summed E-state index contributed by atoms with van der Waals surface area (Å²) in [5.74, 6) is 5.89. The lowest BCUT2D eigenvalue weighted by Crippen LogP contribution is -2.21. The van der Waals surface area contributed by atoms with Crippen LogP contribution in [0.25, 0.3) is 11.4 Å². The van der Waals surface area contributed by atoms with Gasteiger partial charge in [0.15, 0.2) is 0 Å². The highest BCUT2D eigenvalue weighted by Gasteiger charge is 2.03. The molecule has 0 saturated carbocycles. The maximum Gasteiger partial charge on any atom is 0.267 e. The molecule has 0 aromatic carbocycles. The molecule has 26 heavy (non-hydrogen) atoms. The molecule has 2 aromatic rings. The van der Waals surface area contributed by atoms with Gasteiger partial charge in [0, 0.05) is 18.9 Å². The highest BCUT2D eigenvalue weighted by Crippen LogP contribution is 2.12. The Kier molecular flexibility index (Phi) is 8.57. The number of nitrogens with zero attached hydrogens (tertiary/aromatic N) is 3. The molecule has 0 aliphatic carbocycles. The summed E-state index contributed by atoms with van der Waals surface area (Å²) in [6.07, 6.45) is 7.88. The second kappa shape index (κ2) is 11.2. The van der Waals surface area contributed by atoms with Gasteiger partial charge in [-0.25, -0.2) is 4.68 Å². The Morgan fingerprint density at radius 1 is 1.04 bits per heavy atom. The van der Waals surface area contributed by atoms with Gasteiger partial charge in [-0.05, 0) is 31.0 Å². The van der Waals surface area contributed by atoms with Crippen molar-refractivity contribution >= 4 is 0 Å². The zero-order valence-corrected chi connectivity index (χ0v) is 15.7. The highest BCUT2D eigenvalue weighted by molar-refractivity contribution is 5.52. The van der Waals surface area contributed by atoms with Crippen molar-refractivity contribution in [2.24, 2.45) is 0 Å². The van der Waals surface area contributed by atoms with Gasteiger partial charge < -0.3 is 4.74 Å². The average molecular weight is 353 g/mol. The Hall–Kier alpha value is -2.45. The van der Waals surface area contributed by atoms with Gasteiger partial charge >= 0.3 is 0 Å². The Labute approximate surface area is 155 Å². The lowest BCUT2D eigenvalue weighted by Gasteiger charge is -2.04. The molecule has 5 nitrogen and oxygen atoms in total. The lowest BCUT2D eigenvalue weighted by atomic mass is 10.2. The van der Waals surface area contributed by atoms with Crippen LogP contribution in [-0.2, 0) is 11.3 Å². The standard InChI is InChI=1S/C21H27N3O2/c1-3-4-5-6-8-15-26-16-9-7-14-24-21(25)13-12-20(23-24)19-11-10-18(2)17-22-19/h10-13,17H,3-6,8,14-16H2,1-2H3. The molecule has 0 saturated heterocycles. The fourth-order valence-electron chi connectivity index (χ4n) is 2.43. The zero-order valence-electron chi connectivity index (χ0n) is 15.7. The maximum absolute atomic E-state index is 11.9. The molecular weight excluding hydrogens is 326 g/mol. The predicted octanol–water partition coefficient (Wildman–Crippen LogP) is 3.60. The molecule has 0 bridgehead atoms. The highest BCUT2D eigenvalue weighted by atomic mass is 16.5. The van der Waals surface area contributed by atoms with Crippen molar-refractivity contribution in [3.05, 3.63) is 46.4 Å². The fourth-order valence-corrected chi connectivity index (χ4v) is 2.43. The molecule has 0 fully saturated rings. The number of aromatic nitrogens is 3. The van der Waals surface area contributed by atoms with Gasteiger partial charge in [0.05, 0.1) is 5.69 Å². The van der Waals surface area contributed by atoms with Crippen LogP contribution in [0.5, 0.6) is 0 Å². The minimum atomic E-state index is -0.174. The van der Waals surface area contributed by atoms with Crippen LogP contribution in [-0.4, -0.2) is 28.0 Å². The minimum absolute atomic E-state index is 0.174. The first-order valence-electron chi connectivity index (χ1n) is 9.25. The largest absolute Gasteiger partial charge is 0.369 e. The quantitative estimate of drug-likeness (QED) is 0.510. The molecule has 0 unspecified atom stereocenters. The van der Waals surface area contributed by atoms with Crippen LogP contribution in [0.2, 0.25) is 0 Å². The SMILES string of the molecule is CCCCCCCOCC#CCn1nc(-c2ccc(C)cn2)ccc1=O. The lowest BCUT2D eigenvalue weighted by molar-refractivity contribution is 0.161. The van der Waals surface area contributed by atoms with Crippen molar-refractivity contribution in [1.82, 2.24) is 14.8 Å². The number of unbranched alkanes of at least 4 members (excludes halogenated alkanes) is 4. The van der Waals surface area contributed by atoms with Crippen molar-refractivity contribution in [3.63, 3.8) is 0 Å². The summed E-state index contributed by atoms with van der Waals surface area (Å²) in [4.78, 5) is 16.3. The summed E-state index contributed by atoms with van der Waals surface area (Å²) in [6.45, 7) is 5.57. The van der Waals surface area contributed by atoms with Crippen LogP contribution in [0.3, 0.4) is 0 Å². The Bertz CT molecular complexity index is 785. The average Bonchev–Trinajstić information content (AvgIpc) is 2.65. The molecule has 0 amide bonds. The van der Waals surface area contributed by atoms with Crippen molar-refractivity contribution < 1.29 is 4.74 Å². The molecule has 0 atom stereocenters. The van der Waals surface area contributed by atoms with Crippen LogP contribution in [0.1, 0.15) is 44.6 Å². The molecular formula is C21H27N3O2. The summed E-state index contributed by atoms with van der Waals surface area (Å²) in [7, 11) is 0. The Balaban J connectivity index is 1.82. The van der Waals surface area contributed by atoms with Crippen LogP contribution in [0.15, 0.2) is 35.3 Å². The van der Waals surface area contributed by atoms with Crippen LogP contribution >= 0.6 is 0 Å². The first-order chi connectivity index (χ1) is 12.7. The van der Waals surface area contributed by atoms with E-state index in [0.29, 0.717) is 12.3 Å². The van der Waals surface area contributed by atoms with E-state index in [0.717, 1.165) is 24.3 Å². The number of pyridine rings is 1. The number of hydrogen-bond donors (Lipinski definition) is 0.